The molecule has 4 N–H and O–H groups in total. The molecule has 4 nitrogen and oxygen atoms in total. The number of H-pyrrole nitrogens is 2. The predicted molar refractivity (Wildman–Crippen MR) is 85.1 cm³/mol. The highest BCUT2D eigenvalue weighted by Gasteiger charge is 2.01. The number of fused-ring (bicyclic) bond motifs is 1. The summed E-state index contributed by atoms with van der Waals surface area (Å²) < 4.78 is 0.358. The number of aromatic amines is 2. The van der Waals surface area contributed by atoms with Gasteiger partial charge in [-0.2, -0.15) is 0 Å². The van der Waals surface area contributed by atoms with Crippen molar-refractivity contribution < 1.29 is 0 Å². The van der Waals surface area contributed by atoms with E-state index in [2.05, 4.69) is 33.7 Å². The lowest BCUT2D eigenvalue weighted by atomic mass is 10.1. The molecule has 20 heavy (non-hydrogen) atoms. The second-order valence-corrected chi connectivity index (χ2v) is 4.97. The Balaban J connectivity index is 2.07. The Morgan fingerprint density at radius 1 is 1.35 bits per heavy atom. The van der Waals surface area contributed by atoms with Crippen molar-refractivity contribution in [2.45, 2.75) is 6.42 Å². The maximum Gasteiger partial charge on any atom is 0.199 e. The molecule has 100 valence electrons. The molecule has 3 rings (SSSR count). The van der Waals surface area contributed by atoms with Gasteiger partial charge in [-0.25, -0.2) is 4.98 Å². The number of aromatic nitrogens is 3. The molecule has 0 fully saturated rings. The van der Waals surface area contributed by atoms with Crippen molar-refractivity contribution >= 4 is 41.6 Å². The van der Waals surface area contributed by atoms with Gasteiger partial charge in [-0.1, -0.05) is 30.9 Å². The van der Waals surface area contributed by atoms with Gasteiger partial charge in [-0.05, 0) is 30.3 Å². The van der Waals surface area contributed by atoms with Crippen LogP contribution in [-0.2, 0) is 6.42 Å². The van der Waals surface area contributed by atoms with Crippen LogP contribution in [0.3, 0.4) is 0 Å². The number of nitrogens with two attached hydrogens (primary N) is 1. The zero-order chi connectivity index (χ0) is 14.1. The summed E-state index contributed by atoms with van der Waals surface area (Å²) in [5.41, 5.74) is 8.24. The Morgan fingerprint density at radius 3 is 2.95 bits per heavy atom. The van der Waals surface area contributed by atoms with Gasteiger partial charge in [0.25, 0.3) is 0 Å². The molecule has 5 heteroatoms. The SMILES string of the molecule is C=c1[nH]c(=S)nc(N)/c1=C\Cc1c[nH]c2ccccc12. The molecule has 0 saturated heterocycles. The van der Waals surface area contributed by atoms with Crippen LogP contribution in [0.2, 0.25) is 0 Å². The fraction of sp³-hybridized carbons (Fsp3) is 0.0667. The van der Waals surface area contributed by atoms with E-state index in [1.54, 1.807) is 0 Å². The lowest BCUT2D eigenvalue weighted by Crippen LogP contribution is -2.31. The van der Waals surface area contributed by atoms with E-state index in [-0.39, 0.29) is 0 Å². The molecule has 1 aromatic carbocycles. The first-order valence-electron chi connectivity index (χ1n) is 6.25. The Bertz CT molecular complexity index is 936. The van der Waals surface area contributed by atoms with Crippen LogP contribution in [0.4, 0.5) is 5.82 Å². The molecule has 0 aliphatic rings. The predicted octanol–water partition coefficient (Wildman–Crippen LogP) is 1.64. The van der Waals surface area contributed by atoms with E-state index in [1.165, 1.54) is 10.9 Å². The van der Waals surface area contributed by atoms with Crippen LogP contribution >= 0.6 is 12.2 Å². The first-order chi connectivity index (χ1) is 9.65. The molecule has 0 unspecified atom stereocenters. The second kappa shape index (κ2) is 4.94. The number of nitrogens with zero attached hydrogens (tertiary/aromatic N) is 1. The number of anilines is 1. The van der Waals surface area contributed by atoms with Gasteiger partial charge in [-0.15, -0.1) is 0 Å². The number of para-hydroxylation sites is 1. The van der Waals surface area contributed by atoms with Gasteiger partial charge in [0.15, 0.2) is 4.77 Å². The number of nitrogen functional groups attached to an aromatic ring is 1. The van der Waals surface area contributed by atoms with E-state index in [0.717, 1.165) is 17.2 Å². The van der Waals surface area contributed by atoms with E-state index in [9.17, 15) is 0 Å². The van der Waals surface area contributed by atoms with Crippen LogP contribution in [-0.4, -0.2) is 15.0 Å². The molecular formula is C15H14N4S. The third-order valence-electron chi connectivity index (χ3n) is 3.28. The van der Waals surface area contributed by atoms with Crippen LogP contribution in [0, 0.1) is 4.77 Å². The average molecular weight is 282 g/mol. The molecular weight excluding hydrogens is 268 g/mol. The molecule has 0 spiro atoms. The minimum Gasteiger partial charge on any atom is -0.383 e. The van der Waals surface area contributed by atoms with E-state index < -0.39 is 0 Å². The normalized spacial score (nSPS) is 12.1. The molecule has 0 bridgehead atoms. The van der Waals surface area contributed by atoms with E-state index in [1.807, 2.05) is 24.4 Å². The minimum atomic E-state index is 0.358. The van der Waals surface area contributed by atoms with Gasteiger partial charge in [0.05, 0.1) is 0 Å². The third kappa shape index (κ3) is 2.23. The Kier molecular flexibility index (Phi) is 3.12. The van der Waals surface area contributed by atoms with Gasteiger partial charge in [-0.3, -0.25) is 0 Å². The maximum absolute atomic E-state index is 5.90. The highest BCUT2D eigenvalue weighted by atomic mass is 32.1. The average Bonchev–Trinajstić information content (AvgIpc) is 2.81. The monoisotopic (exact) mass is 282 g/mol. The quantitative estimate of drug-likeness (QED) is 0.626. The molecule has 0 aliphatic heterocycles. The maximum atomic E-state index is 5.90. The smallest absolute Gasteiger partial charge is 0.199 e. The summed E-state index contributed by atoms with van der Waals surface area (Å²) in [5, 5.41) is 2.72. The van der Waals surface area contributed by atoms with Gasteiger partial charge >= 0.3 is 0 Å². The third-order valence-corrected chi connectivity index (χ3v) is 3.48. The summed E-state index contributed by atoms with van der Waals surface area (Å²) >= 11 is 4.97. The zero-order valence-electron chi connectivity index (χ0n) is 10.8. The van der Waals surface area contributed by atoms with Gasteiger partial charge < -0.3 is 15.7 Å². The van der Waals surface area contributed by atoms with Crippen molar-refractivity contribution in [3.8, 4) is 0 Å². The van der Waals surface area contributed by atoms with Crippen LogP contribution in [0.1, 0.15) is 5.56 Å². The number of rotatable bonds is 2. The van der Waals surface area contributed by atoms with Gasteiger partial charge in [0, 0.05) is 27.7 Å². The van der Waals surface area contributed by atoms with E-state index in [4.69, 9.17) is 18.0 Å². The molecule has 0 radical (unpaired) electrons. The Hall–Kier alpha value is -2.40. The zero-order valence-corrected chi connectivity index (χ0v) is 11.6. The Labute approximate surface area is 120 Å². The number of benzene rings is 1. The fourth-order valence-corrected chi connectivity index (χ4v) is 2.51. The molecule has 0 saturated carbocycles. The Morgan fingerprint density at radius 2 is 2.15 bits per heavy atom. The highest BCUT2D eigenvalue weighted by molar-refractivity contribution is 7.71. The van der Waals surface area contributed by atoms with Crippen molar-refractivity contribution in [3.05, 3.63) is 51.4 Å². The molecule has 2 aromatic heterocycles. The van der Waals surface area contributed by atoms with Gasteiger partial charge in [0.1, 0.15) is 5.82 Å². The van der Waals surface area contributed by atoms with Crippen LogP contribution in [0.5, 0.6) is 0 Å². The number of nitrogens with one attached hydrogen (secondary N) is 2. The van der Waals surface area contributed by atoms with Crippen molar-refractivity contribution in [3.63, 3.8) is 0 Å². The van der Waals surface area contributed by atoms with Crippen LogP contribution < -0.4 is 16.3 Å². The first kappa shape index (κ1) is 12.6. The topological polar surface area (TPSA) is 70.5 Å². The van der Waals surface area contributed by atoms with E-state index in [0.29, 0.717) is 15.9 Å². The molecule has 3 aromatic rings. The minimum absolute atomic E-state index is 0.358. The first-order valence-corrected chi connectivity index (χ1v) is 6.66. The molecule has 0 atom stereocenters. The van der Waals surface area contributed by atoms with Crippen molar-refractivity contribution in [1.82, 2.24) is 15.0 Å². The highest BCUT2D eigenvalue weighted by Crippen LogP contribution is 2.18. The van der Waals surface area contributed by atoms with Crippen molar-refractivity contribution in [2.24, 2.45) is 0 Å². The summed E-state index contributed by atoms with van der Waals surface area (Å²) in [6.45, 7) is 3.92. The largest absolute Gasteiger partial charge is 0.383 e. The lowest BCUT2D eigenvalue weighted by molar-refractivity contribution is 1.08. The summed E-state index contributed by atoms with van der Waals surface area (Å²) in [4.78, 5) is 10.2. The summed E-state index contributed by atoms with van der Waals surface area (Å²) in [6, 6.07) is 8.20. The molecule has 0 amide bonds. The summed E-state index contributed by atoms with van der Waals surface area (Å²) in [6.07, 6.45) is 4.79. The van der Waals surface area contributed by atoms with Crippen molar-refractivity contribution in [1.29, 1.82) is 0 Å². The van der Waals surface area contributed by atoms with Crippen LogP contribution in [0.25, 0.3) is 23.6 Å². The molecule has 2 heterocycles. The second-order valence-electron chi connectivity index (χ2n) is 4.59. The standard InChI is InChI=1S/C15H14N4S/c1-9-11(14(16)19-15(20)18-9)7-6-10-8-17-13-5-3-2-4-12(10)13/h2-5,7-8,17H,1,6H2,(H3,16,18,19,20)/b11-7-. The number of hydrogen-bond acceptors (Lipinski definition) is 3. The van der Waals surface area contributed by atoms with Gasteiger partial charge in [0.2, 0.25) is 0 Å². The fourth-order valence-electron chi connectivity index (χ4n) is 2.29. The summed E-state index contributed by atoms with van der Waals surface area (Å²) in [5.74, 6) is 0.415. The number of hydrogen-bond donors (Lipinski definition) is 3. The lowest BCUT2D eigenvalue weighted by Gasteiger charge is -1.97. The summed E-state index contributed by atoms with van der Waals surface area (Å²) in [7, 11) is 0. The van der Waals surface area contributed by atoms with Crippen molar-refractivity contribution in [2.75, 3.05) is 5.73 Å². The van der Waals surface area contributed by atoms with E-state index >= 15 is 0 Å². The molecule has 0 aliphatic carbocycles. The van der Waals surface area contributed by atoms with Crippen LogP contribution in [0.15, 0.2) is 30.5 Å².